The average molecular weight is 428 g/mol. The highest BCUT2D eigenvalue weighted by Gasteiger charge is 2.21. The van der Waals surface area contributed by atoms with Crippen LogP contribution >= 0.6 is 0 Å². The number of hydrogen-bond acceptors (Lipinski definition) is 7. The molecule has 1 heterocycles. The number of nitrogens with zero attached hydrogens (tertiary/aromatic N) is 2. The zero-order valence-electron chi connectivity index (χ0n) is 15.3. The van der Waals surface area contributed by atoms with Crippen molar-refractivity contribution in [3.05, 3.63) is 88.2 Å². The van der Waals surface area contributed by atoms with Crippen LogP contribution in [0.3, 0.4) is 0 Å². The quantitative estimate of drug-likeness (QED) is 0.386. The summed E-state index contributed by atoms with van der Waals surface area (Å²) in [6.45, 7) is 0.244. The number of aromatic hydroxyl groups is 1. The Bertz CT molecular complexity index is 1180. The van der Waals surface area contributed by atoms with Crippen LogP contribution < -0.4 is 10.0 Å². The number of nitro groups is 1. The molecule has 1 aromatic heterocycles. The molecule has 0 unspecified atom stereocenters. The number of anilines is 1. The number of sulfonamides is 1. The van der Waals surface area contributed by atoms with Gasteiger partial charge in [-0.1, -0.05) is 6.07 Å². The van der Waals surface area contributed by atoms with Gasteiger partial charge in [-0.05, 0) is 48.5 Å². The molecule has 11 heteroatoms. The number of nitrogens with one attached hydrogen (secondary N) is 2. The van der Waals surface area contributed by atoms with Crippen LogP contribution in [0.25, 0.3) is 0 Å². The minimum Gasteiger partial charge on any atom is -0.502 e. The van der Waals surface area contributed by atoms with E-state index in [9.17, 15) is 28.4 Å². The molecule has 30 heavy (non-hydrogen) atoms. The van der Waals surface area contributed by atoms with Crippen LogP contribution in [0.1, 0.15) is 16.1 Å². The van der Waals surface area contributed by atoms with Gasteiger partial charge < -0.3 is 10.4 Å². The van der Waals surface area contributed by atoms with Gasteiger partial charge in [-0.25, -0.2) is 8.42 Å². The highest BCUT2D eigenvalue weighted by atomic mass is 32.2. The van der Waals surface area contributed by atoms with E-state index in [0.29, 0.717) is 11.3 Å². The average Bonchev–Trinajstić information content (AvgIpc) is 2.73. The van der Waals surface area contributed by atoms with Crippen LogP contribution in [-0.4, -0.2) is 29.3 Å². The lowest BCUT2D eigenvalue weighted by Crippen LogP contribution is -2.23. The van der Waals surface area contributed by atoms with E-state index in [2.05, 4.69) is 15.0 Å². The number of amides is 1. The number of nitro benzene ring substituents is 1. The van der Waals surface area contributed by atoms with Crippen LogP contribution in [0.15, 0.2) is 71.8 Å². The molecule has 3 rings (SSSR count). The van der Waals surface area contributed by atoms with Crippen molar-refractivity contribution in [1.29, 1.82) is 0 Å². The zero-order chi connectivity index (χ0) is 21.7. The molecule has 3 aromatic rings. The Balaban J connectivity index is 1.69. The summed E-state index contributed by atoms with van der Waals surface area (Å²) in [6.07, 6.45) is 1.62. The van der Waals surface area contributed by atoms with Gasteiger partial charge in [-0.2, -0.15) is 0 Å². The second kappa shape index (κ2) is 8.57. The van der Waals surface area contributed by atoms with Crippen molar-refractivity contribution in [1.82, 2.24) is 10.3 Å². The van der Waals surface area contributed by atoms with Crippen molar-refractivity contribution in [2.24, 2.45) is 0 Å². The fraction of sp³-hybridized carbons (Fsp3) is 0.0526. The molecule has 0 saturated carbocycles. The standard InChI is InChI=1S/C19H16N4O6S/c24-18-9-8-16(11-17(18)23(26)27)30(28,29)22-14-6-4-13(5-7-14)19(25)21-12-15-3-1-2-10-20-15/h1-11,22,24H,12H2,(H,21,25). The smallest absolute Gasteiger partial charge is 0.312 e. The number of rotatable bonds is 7. The third kappa shape index (κ3) is 4.89. The van der Waals surface area contributed by atoms with Gasteiger partial charge in [0.05, 0.1) is 22.1 Å². The summed E-state index contributed by atoms with van der Waals surface area (Å²) in [5.74, 6) is -0.996. The Morgan fingerprint density at radius 3 is 2.47 bits per heavy atom. The first kappa shape index (κ1) is 20.7. The maximum atomic E-state index is 12.5. The largest absolute Gasteiger partial charge is 0.502 e. The van der Waals surface area contributed by atoms with E-state index in [-0.39, 0.29) is 23.0 Å². The number of phenols is 1. The number of benzene rings is 2. The Morgan fingerprint density at radius 2 is 1.83 bits per heavy atom. The third-order valence-electron chi connectivity index (χ3n) is 4.01. The highest BCUT2D eigenvalue weighted by Crippen LogP contribution is 2.29. The number of hydrogen-bond donors (Lipinski definition) is 3. The molecule has 0 bridgehead atoms. The minimum absolute atomic E-state index is 0.159. The fourth-order valence-electron chi connectivity index (χ4n) is 2.50. The van der Waals surface area contributed by atoms with Gasteiger partial charge in [-0.15, -0.1) is 0 Å². The summed E-state index contributed by atoms with van der Waals surface area (Å²) in [5.41, 5.74) is 0.442. The van der Waals surface area contributed by atoms with Gasteiger partial charge in [0.1, 0.15) is 0 Å². The third-order valence-corrected chi connectivity index (χ3v) is 5.39. The van der Waals surface area contributed by atoms with Crippen molar-refractivity contribution in [2.75, 3.05) is 4.72 Å². The molecular formula is C19H16N4O6S. The molecule has 0 saturated heterocycles. The van der Waals surface area contributed by atoms with E-state index >= 15 is 0 Å². The van der Waals surface area contributed by atoms with E-state index < -0.39 is 26.4 Å². The maximum Gasteiger partial charge on any atom is 0.312 e. The summed E-state index contributed by atoms with van der Waals surface area (Å²) < 4.78 is 27.2. The van der Waals surface area contributed by atoms with Crippen LogP contribution in [0.5, 0.6) is 5.75 Å². The molecule has 2 aromatic carbocycles. The summed E-state index contributed by atoms with van der Waals surface area (Å²) in [7, 11) is -4.14. The van der Waals surface area contributed by atoms with Crippen LogP contribution in [0.4, 0.5) is 11.4 Å². The van der Waals surface area contributed by atoms with Crippen molar-refractivity contribution < 1.29 is 23.2 Å². The summed E-state index contributed by atoms with van der Waals surface area (Å²) in [5, 5.41) is 23.1. The summed E-state index contributed by atoms with van der Waals surface area (Å²) in [4.78, 5) is 25.9. The molecule has 3 N–H and O–H groups in total. The molecule has 0 fully saturated rings. The van der Waals surface area contributed by atoms with Gasteiger partial charge in [0.15, 0.2) is 5.75 Å². The van der Waals surface area contributed by atoms with Gasteiger partial charge >= 0.3 is 5.69 Å². The Morgan fingerprint density at radius 1 is 1.10 bits per heavy atom. The van der Waals surface area contributed by atoms with Gasteiger partial charge in [0, 0.05) is 23.5 Å². The first-order valence-electron chi connectivity index (χ1n) is 8.55. The molecule has 0 spiro atoms. The Labute approximate surface area is 171 Å². The molecule has 0 atom stereocenters. The molecule has 1 amide bonds. The van der Waals surface area contributed by atoms with Crippen molar-refractivity contribution in [2.45, 2.75) is 11.4 Å². The second-order valence-corrected chi connectivity index (χ2v) is 7.78. The molecule has 0 aliphatic heterocycles. The second-order valence-electron chi connectivity index (χ2n) is 6.09. The molecule has 0 aliphatic rings. The maximum absolute atomic E-state index is 12.5. The number of carbonyl (C=O) groups is 1. The Hall–Kier alpha value is -3.99. The Kier molecular flexibility index (Phi) is 5.93. The molecular weight excluding hydrogens is 412 g/mol. The van der Waals surface area contributed by atoms with E-state index in [1.54, 1.807) is 24.4 Å². The van der Waals surface area contributed by atoms with E-state index in [0.717, 1.165) is 18.2 Å². The molecule has 154 valence electrons. The monoisotopic (exact) mass is 428 g/mol. The number of carbonyl (C=O) groups excluding carboxylic acids is 1. The van der Waals surface area contributed by atoms with Gasteiger partial charge in [0.2, 0.25) is 0 Å². The fourth-order valence-corrected chi connectivity index (χ4v) is 3.57. The lowest BCUT2D eigenvalue weighted by Gasteiger charge is -2.09. The predicted octanol–water partition coefficient (Wildman–Crippen LogP) is 2.43. The number of aromatic nitrogens is 1. The van der Waals surface area contributed by atoms with Gasteiger partial charge in [0.25, 0.3) is 15.9 Å². The predicted molar refractivity (Wildman–Crippen MR) is 107 cm³/mol. The van der Waals surface area contributed by atoms with E-state index in [4.69, 9.17) is 0 Å². The molecule has 0 aliphatic carbocycles. The van der Waals surface area contributed by atoms with Crippen LogP contribution in [0.2, 0.25) is 0 Å². The lowest BCUT2D eigenvalue weighted by atomic mass is 10.2. The first-order chi connectivity index (χ1) is 14.3. The van der Waals surface area contributed by atoms with E-state index in [1.165, 1.54) is 24.3 Å². The van der Waals surface area contributed by atoms with Gasteiger partial charge in [-0.3, -0.25) is 24.6 Å². The number of pyridine rings is 1. The number of phenolic OH excluding ortho intramolecular Hbond substituents is 1. The normalized spacial score (nSPS) is 10.9. The molecule has 0 radical (unpaired) electrons. The molecule has 10 nitrogen and oxygen atoms in total. The van der Waals surface area contributed by atoms with Crippen LogP contribution in [-0.2, 0) is 16.6 Å². The minimum atomic E-state index is -4.14. The van der Waals surface area contributed by atoms with Crippen molar-refractivity contribution in [3.63, 3.8) is 0 Å². The van der Waals surface area contributed by atoms with Crippen molar-refractivity contribution >= 4 is 27.3 Å². The summed E-state index contributed by atoms with van der Waals surface area (Å²) >= 11 is 0. The lowest BCUT2D eigenvalue weighted by molar-refractivity contribution is -0.386. The first-order valence-corrected chi connectivity index (χ1v) is 10.0. The van der Waals surface area contributed by atoms with E-state index in [1.807, 2.05) is 0 Å². The highest BCUT2D eigenvalue weighted by molar-refractivity contribution is 7.92. The summed E-state index contributed by atoms with van der Waals surface area (Å²) in [6, 6.07) is 13.7. The van der Waals surface area contributed by atoms with Crippen molar-refractivity contribution in [3.8, 4) is 5.75 Å². The van der Waals surface area contributed by atoms with Crippen LogP contribution in [0, 0.1) is 10.1 Å². The SMILES string of the molecule is O=C(NCc1ccccn1)c1ccc(NS(=O)(=O)c2ccc(O)c([N+](=O)[O-])c2)cc1. The zero-order valence-corrected chi connectivity index (χ0v) is 16.2. The topological polar surface area (TPSA) is 152 Å².